The number of amides is 1. The summed E-state index contributed by atoms with van der Waals surface area (Å²) in [7, 11) is 0. The second-order valence-electron chi connectivity index (χ2n) is 8.44. The van der Waals surface area contributed by atoms with Gasteiger partial charge in [0, 0.05) is 10.8 Å². The zero-order chi connectivity index (χ0) is 21.5. The molecule has 31 heavy (non-hydrogen) atoms. The topological polar surface area (TPSA) is 85.3 Å². The van der Waals surface area contributed by atoms with Crippen LogP contribution in [0, 0.1) is 5.92 Å². The molecule has 0 aliphatic heterocycles. The van der Waals surface area contributed by atoms with E-state index in [1.807, 2.05) is 23.5 Å². The maximum atomic E-state index is 12.3. The molecule has 0 fully saturated rings. The summed E-state index contributed by atoms with van der Waals surface area (Å²) in [6, 6.07) is 3.65. The molecule has 162 valence electrons. The molecular formula is C22H25N5O2S2. The van der Waals surface area contributed by atoms with Crippen LogP contribution in [-0.4, -0.2) is 31.2 Å². The lowest BCUT2D eigenvalue weighted by Gasteiger charge is -2.17. The van der Waals surface area contributed by atoms with E-state index in [-0.39, 0.29) is 17.6 Å². The van der Waals surface area contributed by atoms with Crippen molar-refractivity contribution in [2.45, 2.75) is 57.7 Å². The van der Waals surface area contributed by atoms with Gasteiger partial charge in [-0.3, -0.25) is 9.20 Å². The molecule has 1 atom stereocenters. The molecule has 0 unspecified atom stereocenters. The molecule has 7 nitrogen and oxygen atoms in total. The Morgan fingerprint density at radius 1 is 1.42 bits per heavy atom. The zero-order valence-corrected chi connectivity index (χ0v) is 19.5. The first-order valence-electron chi connectivity index (χ1n) is 10.6. The average molecular weight is 456 g/mol. The van der Waals surface area contributed by atoms with Gasteiger partial charge in [-0.2, -0.15) is 0 Å². The van der Waals surface area contributed by atoms with Gasteiger partial charge in [0.05, 0.1) is 23.9 Å². The number of thiophene rings is 1. The van der Waals surface area contributed by atoms with Crippen LogP contribution in [0.4, 0.5) is 0 Å². The van der Waals surface area contributed by atoms with Gasteiger partial charge in [-0.15, -0.1) is 21.5 Å². The Hall–Kier alpha value is -2.39. The number of hydrogen-bond donors (Lipinski definition) is 1. The van der Waals surface area contributed by atoms with Gasteiger partial charge in [0.2, 0.25) is 5.91 Å². The molecule has 0 saturated heterocycles. The first-order chi connectivity index (χ1) is 15.0. The van der Waals surface area contributed by atoms with Crippen LogP contribution in [0.15, 0.2) is 28.0 Å². The molecule has 0 bridgehead atoms. The fourth-order valence-corrected chi connectivity index (χ4v) is 6.25. The average Bonchev–Trinajstić information content (AvgIpc) is 3.47. The lowest BCUT2D eigenvalue weighted by Crippen LogP contribution is -2.24. The van der Waals surface area contributed by atoms with Crippen molar-refractivity contribution in [3.05, 3.63) is 40.4 Å². The number of fused-ring (bicyclic) bond motifs is 5. The molecule has 1 aliphatic rings. The van der Waals surface area contributed by atoms with Gasteiger partial charge < -0.3 is 9.73 Å². The number of aromatic nitrogens is 4. The predicted octanol–water partition coefficient (Wildman–Crippen LogP) is 4.59. The summed E-state index contributed by atoms with van der Waals surface area (Å²) < 4.78 is 7.32. The Morgan fingerprint density at radius 2 is 2.29 bits per heavy atom. The fourth-order valence-electron chi connectivity index (χ4n) is 4.10. The third kappa shape index (κ3) is 3.85. The van der Waals surface area contributed by atoms with Crippen molar-refractivity contribution in [2.75, 3.05) is 5.75 Å². The van der Waals surface area contributed by atoms with Crippen molar-refractivity contribution in [3.8, 4) is 0 Å². The normalized spacial score (nSPS) is 16.3. The minimum absolute atomic E-state index is 0.0693. The summed E-state index contributed by atoms with van der Waals surface area (Å²) in [6.45, 7) is 6.96. The zero-order valence-electron chi connectivity index (χ0n) is 17.8. The van der Waals surface area contributed by atoms with Crippen LogP contribution in [0.2, 0.25) is 0 Å². The number of aryl methyl sites for hydroxylation is 1. The molecular weight excluding hydrogens is 430 g/mol. The number of carbonyl (C=O) groups is 1. The Bertz CT molecular complexity index is 1240. The van der Waals surface area contributed by atoms with Crippen LogP contribution < -0.4 is 5.32 Å². The highest BCUT2D eigenvalue weighted by Gasteiger charge is 2.26. The fraction of sp³-hybridized carbons (Fsp3) is 0.455. The standard InChI is InChI=1S/C22H25N5O2S2/c1-12(2)19-24-21-18(15-7-6-13(3)9-16(15)31-21)20-25-26-22(27(19)20)30-11-17(28)23-10-14-5-4-8-29-14/h4-5,8,12-13H,6-7,9-11H2,1-3H3,(H,23,28)/t13-/m1/s1. The molecule has 0 aromatic carbocycles. The largest absolute Gasteiger partial charge is 0.467 e. The van der Waals surface area contributed by atoms with Crippen LogP contribution in [0.3, 0.4) is 0 Å². The number of nitrogens with one attached hydrogen (secondary N) is 1. The summed E-state index contributed by atoms with van der Waals surface area (Å²) >= 11 is 3.20. The van der Waals surface area contributed by atoms with Gasteiger partial charge in [-0.1, -0.05) is 32.5 Å². The summed E-state index contributed by atoms with van der Waals surface area (Å²) in [4.78, 5) is 19.9. The molecule has 5 rings (SSSR count). The van der Waals surface area contributed by atoms with Crippen LogP contribution in [0.5, 0.6) is 0 Å². The number of rotatable bonds is 6. The van der Waals surface area contributed by atoms with Crippen molar-refractivity contribution >= 4 is 44.9 Å². The van der Waals surface area contributed by atoms with Crippen LogP contribution in [-0.2, 0) is 24.2 Å². The van der Waals surface area contributed by atoms with Gasteiger partial charge in [0.1, 0.15) is 16.4 Å². The van der Waals surface area contributed by atoms with Crippen molar-refractivity contribution in [2.24, 2.45) is 5.92 Å². The van der Waals surface area contributed by atoms with Crippen molar-refractivity contribution in [3.63, 3.8) is 0 Å². The first-order valence-corrected chi connectivity index (χ1v) is 12.4. The van der Waals surface area contributed by atoms with E-state index in [2.05, 4.69) is 40.7 Å². The second-order valence-corrected chi connectivity index (χ2v) is 10.5. The molecule has 4 aromatic rings. The highest BCUT2D eigenvalue weighted by Crippen LogP contribution is 2.40. The van der Waals surface area contributed by atoms with E-state index in [9.17, 15) is 4.79 Å². The smallest absolute Gasteiger partial charge is 0.230 e. The number of hydrogen-bond acceptors (Lipinski definition) is 7. The summed E-state index contributed by atoms with van der Waals surface area (Å²) in [6.07, 6.45) is 4.98. The molecule has 1 aliphatic carbocycles. The van der Waals surface area contributed by atoms with E-state index in [1.54, 1.807) is 6.26 Å². The molecule has 0 radical (unpaired) electrons. The molecule has 0 spiro atoms. The lowest BCUT2D eigenvalue weighted by molar-refractivity contribution is -0.118. The van der Waals surface area contributed by atoms with E-state index in [1.165, 1.54) is 28.6 Å². The van der Waals surface area contributed by atoms with Crippen LogP contribution >= 0.6 is 23.1 Å². The number of furan rings is 1. The predicted molar refractivity (Wildman–Crippen MR) is 123 cm³/mol. The van der Waals surface area contributed by atoms with Gasteiger partial charge in [0.25, 0.3) is 0 Å². The lowest BCUT2D eigenvalue weighted by atomic mass is 9.89. The van der Waals surface area contributed by atoms with Gasteiger partial charge in [-0.05, 0) is 42.9 Å². The number of nitrogens with zero attached hydrogens (tertiary/aromatic N) is 4. The molecule has 9 heteroatoms. The summed E-state index contributed by atoms with van der Waals surface area (Å²) in [5, 5.41) is 13.8. The molecule has 1 N–H and O–H groups in total. The molecule has 1 amide bonds. The third-order valence-electron chi connectivity index (χ3n) is 5.68. The second kappa shape index (κ2) is 8.27. The monoisotopic (exact) mass is 455 g/mol. The van der Waals surface area contributed by atoms with E-state index >= 15 is 0 Å². The van der Waals surface area contributed by atoms with E-state index < -0.39 is 0 Å². The Balaban J connectivity index is 1.46. The maximum absolute atomic E-state index is 12.3. The van der Waals surface area contributed by atoms with Gasteiger partial charge >= 0.3 is 0 Å². The quantitative estimate of drug-likeness (QED) is 0.428. The highest BCUT2D eigenvalue weighted by atomic mass is 32.2. The Morgan fingerprint density at radius 3 is 3.06 bits per heavy atom. The Kier molecular flexibility index (Phi) is 5.47. The summed E-state index contributed by atoms with van der Waals surface area (Å²) in [5.74, 6) is 2.79. The number of carbonyl (C=O) groups excluding carboxylic acids is 1. The highest BCUT2D eigenvalue weighted by molar-refractivity contribution is 7.99. The summed E-state index contributed by atoms with van der Waals surface area (Å²) in [5.41, 5.74) is 2.27. The molecule has 0 saturated carbocycles. The van der Waals surface area contributed by atoms with Crippen LogP contribution in [0.1, 0.15) is 55.1 Å². The maximum Gasteiger partial charge on any atom is 0.230 e. The van der Waals surface area contributed by atoms with Crippen LogP contribution in [0.25, 0.3) is 15.9 Å². The van der Waals surface area contributed by atoms with Crippen molar-refractivity contribution < 1.29 is 9.21 Å². The van der Waals surface area contributed by atoms with E-state index in [4.69, 9.17) is 9.40 Å². The first kappa shape index (κ1) is 20.5. The molecule has 4 heterocycles. The minimum Gasteiger partial charge on any atom is -0.467 e. The third-order valence-corrected chi connectivity index (χ3v) is 7.76. The molecule has 4 aromatic heterocycles. The van der Waals surface area contributed by atoms with Gasteiger partial charge in [0.15, 0.2) is 10.8 Å². The number of thioether (sulfide) groups is 1. The van der Waals surface area contributed by atoms with E-state index in [0.717, 1.165) is 40.3 Å². The van der Waals surface area contributed by atoms with E-state index in [0.29, 0.717) is 17.6 Å². The van der Waals surface area contributed by atoms with Crippen molar-refractivity contribution in [1.82, 2.24) is 24.9 Å². The van der Waals surface area contributed by atoms with Crippen molar-refractivity contribution in [1.29, 1.82) is 0 Å². The van der Waals surface area contributed by atoms with Gasteiger partial charge in [-0.25, -0.2) is 4.98 Å². The SMILES string of the molecule is CC(C)c1nc2sc3c(c2c2nnc(SCC(=O)NCc4ccco4)n12)CC[C@@H](C)C3. The minimum atomic E-state index is -0.0693. The Labute approximate surface area is 188 Å².